The van der Waals surface area contributed by atoms with E-state index in [1.807, 2.05) is 0 Å². The van der Waals surface area contributed by atoms with Gasteiger partial charge in [0, 0.05) is 24.9 Å². The lowest BCUT2D eigenvalue weighted by Crippen LogP contribution is -2.42. The fraction of sp³-hybridized carbons (Fsp3) is 0.522. The highest BCUT2D eigenvalue weighted by molar-refractivity contribution is 9.10. The van der Waals surface area contributed by atoms with E-state index in [4.69, 9.17) is 9.47 Å². The second-order valence-corrected chi connectivity index (χ2v) is 12.3. The minimum Gasteiger partial charge on any atom is -0.459 e. The number of nitrogens with one attached hydrogen (secondary N) is 1. The summed E-state index contributed by atoms with van der Waals surface area (Å²) in [6, 6.07) is 3.56. The van der Waals surface area contributed by atoms with Crippen LogP contribution in [0.25, 0.3) is 11.3 Å². The molecule has 2 aliphatic rings. The Bertz CT molecular complexity index is 1240. The standard InChI is InChI=1S/C23H28BrFN4O5S/c1-13(21(30)34-23(2,3)4)29-11-15-6-5-14(9-19(15)35(29,31)32)20-16(24)10-26-22(28-20)27-18-7-8-33-12-17(18)25/h5-6,9-10,13,17-18H,7-8,11-12H2,1-4H3,(H,26,27,28)/t13-,17-,18?/m1/s1. The number of aromatic nitrogens is 2. The van der Waals surface area contributed by atoms with Gasteiger partial charge in [0.05, 0.1) is 27.7 Å². The van der Waals surface area contributed by atoms with Crippen LogP contribution >= 0.6 is 15.9 Å². The molecule has 4 rings (SSSR count). The summed E-state index contributed by atoms with van der Waals surface area (Å²) in [4.78, 5) is 21.4. The quantitative estimate of drug-likeness (QED) is 0.542. The summed E-state index contributed by atoms with van der Waals surface area (Å²) in [7, 11) is -3.93. The van der Waals surface area contributed by atoms with Crippen LogP contribution in [-0.2, 0) is 30.8 Å². The molecular formula is C23H28BrFN4O5S. The van der Waals surface area contributed by atoms with Crippen molar-refractivity contribution in [2.45, 2.75) is 69.4 Å². The van der Waals surface area contributed by atoms with Crippen molar-refractivity contribution in [2.24, 2.45) is 0 Å². The van der Waals surface area contributed by atoms with E-state index < -0.39 is 39.8 Å². The monoisotopic (exact) mass is 570 g/mol. The number of hydrogen-bond acceptors (Lipinski definition) is 8. The number of hydrogen-bond donors (Lipinski definition) is 1. The molecule has 0 bridgehead atoms. The van der Waals surface area contributed by atoms with Crippen LogP contribution in [0.5, 0.6) is 0 Å². The maximum absolute atomic E-state index is 14.2. The van der Waals surface area contributed by atoms with Crippen LogP contribution in [0.3, 0.4) is 0 Å². The van der Waals surface area contributed by atoms with Crippen LogP contribution in [0.4, 0.5) is 10.3 Å². The molecule has 9 nitrogen and oxygen atoms in total. The predicted molar refractivity (Wildman–Crippen MR) is 131 cm³/mol. The fourth-order valence-corrected chi connectivity index (χ4v) is 6.20. The zero-order valence-corrected chi connectivity index (χ0v) is 22.3. The molecule has 0 saturated carbocycles. The van der Waals surface area contributed by atoms with Crippen molar-refractivity contribution in [1.82, 2.24) is 14.3 Å². The van der Waals surface area contributed by atoms with Crippen molar-refractivity contribution in [3.05, 3.63) is 34.4 Å². The van der Waals surface area contributed by atoms with Crippen molar-refractivity contribution in [2.75, 3.05) is 18.5 Å². The van der Waals surface area contributed by atoms with E-state index >= 15 is 0 Å². The number of nitrogens with zero attached hydrogens (tertiary/aromatic N) is 3. The van der Waals surface area contributed by atoms with Gasteiger partial charge in [0.15, 0.2) is 0 Å². The van der Waals surface area contributed by atoms with E-state index in [0.717, 1.165) is 4.31 Å². The van der Waals surface area contributed by atoms with Gasteiger partial charge in [-0.3, -0.25) is 4.79 Å². The van der Waals surface area contributed by atoms with Gasteiger partial charge in [-0.2, -0.15) is 4.31 Å². The summed E-state index contributed by atoms with van der Waals surface area (Å²) in [6.07, 6.45) is 0.844. The van der Waals surface area contributed by atoms with Gasteiger partial charge < -0.3 is 14.8 Å². The number of alkyl halides is 1. The second-order valence-electron chi connectivity index (χ2n) is 9.60. The number of rotatable bonds is 5. The molecule has 1 aromatic carbocycles. The Kier molecular flexibility index (Phi) is 7.20. The van der Waals surface area contributed by atoms with Crippen LogP contribution < -0.4 is 5.32 Å². The molecule has 0 spiro atoms. The molecule has 0 amide bonds. The Balaban J connectivity index is 1.61. The number of benzene rings is 1. The highest BCUT2D eigenvalue weighted by Gasteiger charge is 2.41. The lowest BCUT2D eigenvalue weighted by Gasteiger charge is -2.26. The lowest BCUT2D eigenvalue weighted by molar-refractivity contribution is -0.159. The van der Waals surface area contributed by atoms with E-state index in [-0.39, 0.29) is 24.0 Å². The van der Waals surface area contributed by atoms with Gasteiger partial charge in [-0.05, 0) is 61.7 Å². The van der Waals surface area contributed by atoms with Crippen LogP contribution in [0, 0.1) is 0 Å². The first-order valence-corrected chi connectivity index (χ1v) is 13.5. The van der Waals surface area contributed by atoms with Crippen LogP contribution in [0.1, 0.15) is 39.7 Å². The van der Waals surface area contributed by atoms with Gasteiger partial charge in [0.1, 0.15) is 17.8 Å². The molecule has 1 N–H and O–H groups in total. The third-order valence-electron chi connectivity index (χ3n) is 5.78. The van der Waals surface area contributed by atoms with Gasteiger partial charge in [0.2, 0.25) is 16.0 Å². The first kappa shape index (κ1) is 25.9. The average molecular weight is 571 g/mol. The second kappa shape index (κ2) is 9.72. The topological polar surface area (TPSA) is 111 Å². The lowest BCUT2D eigenvalue weighted by atomic mass is 10.1. The number of carbonyl (C=O) groups is 1. The molecule has 3 heterocycles. The van der Waals surface area contributed by atoms with Crippen LogP contribution in [0.15, 0.2) is 33.8 Å². The zero-order valence-electron chi connectivity index (χ0n) is 19.9. The van der Waals surface area contributed by atoms with Gasteiger partial charge in [0.25, 0.3) is 0 Å². The molecule has 1 aromatic heterocycles. The molecule has 2 aliphatic heterocycles. The number of fused-ring (bicyclic) bond motifs is 1. The minimum atomic E-state index is -3.93. The van der Waals surface area contributed by atoms with Crippen molar-refractivity contribution < 1.29 is 27.1 Å². The third-order valence-corrected chi connectivity index (χ3v) is 8.36. The van der Waals surface area contributed by atoms with Gasteiger partial charge in [-0.1, -0.05) is 12.1 Å². The van der Waals surface area contributed by atoms with Gasteiger partial charge >= 0.3 is 5.97 Å². The molecule has 3 atom stereocenters. The molecule has 35 heavy (non-hydrogen) atoms. The van der Waals surface area contributed by atoms with Crippen LogP contribution in [-0.4, -0.2) is 65.7 Å². The fourth-order valence-electron chi connectivity index (χ4n) is 3.97. The maximum Gasteiger partial charge on any atom is 0.324 e. The minimum absolute atomic E-state index is 0.0158. The number of esters is 1. The SMILES string of the molecule is C[C@H](C(=O)OC(C)(C)C)N1Cc2ccc(-c3nc(NC4CCOC[C@H]4F)ncc3Br)cc2S1(=O)=O. The van der Waals surface area contributed by atoms with Crippen LogP contribution in [0.2, 0.25) is 0 Å². The van der Waals surface area contributed by atoms with E-state index in [0.29, 0.717) is 34.3 Å². The Morgan fingerprint density at radius 2 is 2.11 bits per heavy atom. The van der Waals surface area contributed by atoms with Crippen molar-refractivity contribution >= 4 is 37.9 Å². The molecule has 2 aromatic rings. The maximum atomic E-state index is 14.2. The summed E-state index contributed by atoms with van der Waals surface area (Å²) in [6.45, 7) is 7.24. The zero-order chi connectivity index (χ0) is 25.5. The summed E-state index contributed by atoms with van der Waals surface area (Å²) in [5, 5.41) is 3.01. The number of carbonyl (C=O) groups excluding carboxylic acids is 1. The Labute approximate surface area is 212 Å². The Morgan fingerprint density at radius 3 is 2.80 bits per heavy atom. The largest absolute Gasteiger partial charge is 0.459 e. The average Bonchev–Trinajstić information content (AvgIpc) is 3.05. The van der Waals surface area contributed by atoms with Crippen molar-refractivity contribution in [1.29, 1.82) is 0 Å². The van der Waals surface area contributed by atoms with Crippen molar-refractivity contribution in [3.8, 4) is 11.3 Å². The molecule has 0 radical (unpaired) electrons. The summed E-state index contributed by atoms with van der Waals surface area (Å²) < 4.78 is 53.1. The molecule has 1 unspecified atom stereocenters. The summed E-state index contributed by atoms with van der Waals surface area (Å²) in [5.74, 6) is -0.371. The molecule has 1 saturated heterocycles. The van der Waals surface area contributed by atoms with E-state index in [2.05, 4.69) is 31.2 Å². The first-order valence-electron chi connectivity index (χ1n) is 11.3. The molecule has 1 fully saturated rings. The van der Waals surface area contributed by atoms with Gasteiger partial charge in [-0.15, -0.1) is 0 Å². The van der Waals surface area contributed by atoms with E-state index in [1.165, 1.54) is 19.2 Å². The number of ether oxygens (including phenoxy) is 2. The Morgan fingerprint density at radius 1 is 1.37 bits per heavy atom. The van der Waals surface area contributed by atoms with Gasteiger partial charge in [-0.25, -0.2) is 22.8 Å². The number of anilines is 1. The summed E-state index contributed by atoms with van der Waals surface area (Å²) in [5.41, 5.74) is 0.851. The third kappa shape index (κ3) is 5.50. The first-order chi connectivity index (χ1) is 16.4. The molecule has 190 valence electrons. The normalized spacial score (nSPS) is 22.9. The van der Waals surface area contributed by atoms with Crippen molar-refractivity contribution in [3.63, 3.8) is 0 Å². The summed E-state index contributed by atoms with van der Waals surface area (Å²) >= 11 is 3.43. The number of halogens is 2. The molecule has 12 heteroatoms. The van der Waals surface area contributed by atoms with E-state index in [1.54, 1.807) is 32.9 Å². The van der Waals surface area contributed by atoms with E-state index in [9.17, 15) is 17.6 Å². The smallest absolute Gasteiger partial charge is 0.324 e. The predicted octanol–water partition coefficient (Wildman–Crippen LogP) is 3.68. The highest BCUT2D eigenvalue weighted by Crippen LogP contribution is 2.37. The number of sulfonamides is 1. The Hall–Kier alpha value is -2.15. The highest BCUT2D eigenvalue weighted by atomic mass is 79.9. The molecule has 0 aliphatic carbocycles. The molecular weight excluding hydrogens is 543 g/mol.